The van der Waals surface area contributed by atoms with E-state index in [4.69, 9.17) is 0 Å². The number of imide groups is 1. The van der Waals surface area contributed by atoms with E-state index in [2.05, 4.69) is 28.4 Å². The molecule has 0 radical (unpaired) electrons. The van der Waals surface area contributed by atoms with Crippen molar-refractivity contribution in [2.24, 2.45) is 0 Å². The lowest BCUT2D eigenvalue weighted by Crippen LogP contribution is -2.26. The van der Waals surface area contributed by atoms with Gasteiger partial charge in [0.15, 0.2) is 0 Å². The quantitative estimate of drug-likeness (QED) is 0.819. The maximum Gasteiger partial charge on any atom is 0.259 e. The molecule has 0 spiro atoms. The van der Waals surface area contributed by atoms with E-state index in [-0.39, 0.29) is 11.8 Å². The van der Waals surface area contributed by atoms with Crippen molar-refractivity contribution >= 4 is 28.6 Å². The van der Waals surface area contributed by atoms with Crippen molar-refractivity contribution in [3.8, 4) is 0 Å². The minimum absolute atomic E-state index is 0.257. The molecular weight excluding hydrogens is 360 g/mol. The van der Waals surface area contributed by atoms with Crippen LogP contribution in [0, 0.1) is 0 Å². The molecule has 0 saturated heterocycles. The summed E-state index contributed by atoms with van der Waals surface area (Å²) in [4.78, 5) is 28.3. The third kappa shape index (κ3) is 2.51. The van der Waals surface area contributed by atoms with Crippen molar-refractivity contribution < 1.29 is 9.59 Å². The van der Waals surface area contributed by atoms with Gasteiger partial charge in [0.25, 0.3) is 11.8 Å². The second kappa shape index (κ2) is 6.31. The van der Waals surface area contributed by atoms with Gasteiger partial charge in [0.05, 0.1) is 11.1 Å². The van der Waals surface area contributed by atoms with E-state index in [9.17, 15) is 9.59 Å². The number of carbonyl (C=O) groups excluding carboxylic acids is 2. The maximum atomic E-state index is 12.9. The first-order valence-corrected chi connectivity index (χ1v) is 10.8. The van der Waals surface area contributed by atoms with Crippen LogP contribution in [-0.4, -0.2) is 24.9 Å². The highest BCUT2D eigenvalue weighted by atomic mass is 16.2. The Morgan fingerprint density at radius 2 is 1.62 bits per heavy atom. The van der Waals surface area contributed by atoms with Crippen molar-refractivity contribution in [1.29, 1.82) is 0 Å². The summed E-state index contributed by atoms with van der Waals surface area (Å²) >= 11 is 0. The lowest BCUT2D eigenvalue weighted by Gasteiger charge is -2.28. The highest BCUT2D eigenvalue weighted by Crippen LogP contribution is 2.44. The Bertz CT molecular complexity index is 1090. The molecule has 1 fully saturated rings. The number of hydrogen-bond donors (Lipinski definition) is 1. The molecule has 6 rings (SSSR count). The summed E-state index contributed by atoms with van der Waals surface area (Å²) in [5.41, 5.74) is 8.21. The third-order valence-corrected chi connectivity index (χ3v) is 7.10. The summed E-state index contributed by atoms with van der Waals surface area (Å²) in [5.74, 6) is -0.0167. The van der Waals surface area contributed by atoms with E-state index in [1.807, 2.05) is 18.2 Å². The fraction of sp³-hybridized carbons (Fsp3) is 0.360. The van der Waals surface area contributed by atoms with Gasteiger partial charge in [-0.1, -0.05) is 30.7 Å². The van der Waals surface area contributed by atoms with Crippen LogP contribution < -0.4 is 10.2 Å². The van der Waals surface area contributed by atoms with Gasteiger partial charge in [-0.05, 0) is 78.0 Å². The molecule has 4 aliphatic rings. The molecule has 3 heterocycles. The number of nitrogens with zero attached hydrogens (tertiary/aromatic N) is 1. The largest absolute Gasteiger partial charge is 0.371 e. The number of anilines is 1. The van der Waals surface area contributed by atoms with Crippen LogP contribution in [0.1, 0.15) is 59.4 Å². The van der Waals surface area contributed by atoms with Crippen LogP contribution in [0.3, 0.4) is 0 Å². The van der Waals surface area contributed by atoms with E-state index in [0.717, 1.165) is 56.3 Å². The molecule has 4 heteroatoms. The molecule has 1 saturated carbocycles. The van der Waals surface area contributed by atoms with Gasteiger partial charge in [0, 0.05) is 18.8 Å². The molecule has 2 amide bonds. The zero-order valence-corrected chi connectivity index (χ0v) is 16.5. The van der Waals surface area contributed by atoms with Gasteiger partial charge in [-0.25, -0.2) is 0 Å². The molecule has 2 aromatic rings. The van der Waals surface area contributed by atoms with Crippen LogP contribution in [0.2, 0.25) is 0 Å². The number of aryl methyl sites for hydroxylation is 1. The normalized spacial score (nSPS) is 20.8. The fourth-order valence-corrected chi connectivity index (χ4v) is 5.53. The van der Waals surface area contributed by atoms with Gasteiger partial charge in [0.2, 0.25) is 0 Å². The smallest absolute Gasteiger partial charge is 0.259 e. The highest BCUT2D eigenvalue weighted by Gasteiger charge is 2.36. The van der Waals surface area contributed by atoms with Crippen LogP contribution in [0.25, 0.3) is 11.1 Å². The predicted octanol–water partition coefficient (Wildman–Crippen LogP) is 3.83. The Kier molecular flexibility index (Phi) is 3.70. The Morgan fingerprint density at radius 1 is 0.862 bits per heavy atom. The third-order valence-electron chi connectivity index (χ3n) is 7.10. The van der Waals surface area contributed by atoms with Crippen molar-refractivity contribution in [3.05, 3.63) is 64.2 Å². The van der Waals surface area contributed by atoms with Gasteiger partial charge >= 0.3 is 0 Å². The molecule has 3 aliphatic heterocycles. The number of benzene rings is 2. The lowest BCUT2D eigenvalue weighted by atomic mass is 9.76. The second-order valence-electron chi connectivity index (χ2n) is 8.73. The van der Waals surface area contributed by atoms with Gasteiger partial charge in [-0.15, -0.1) is 0 Å². The standard InChI is InChI=1S/C25H24N2O2/c28-24-21(18-13-16-7-4-11-27-12-10-17(14-18)23(16)27)22(25(29)26-24)20-9-2-1-8-19(20)15-5-3-6-15/h1-2,8-9,13-15H,3-7,10-12H2,(H,26,28,29). The average Bonchev–Trinajstić information content (AvgIpc) is 3.22. The van der Waals surface area contributed by atoms with Crippen LogP contribution in [0.5, 0.6) is 0 Å². The number of hydrogen-bond acceptors (Lipinski definition) is 3. The van der Waals surface area contributed by atoms with Crippen LogP contribution in [0.15, 0.2) is 36.4 Å². The Balaban J connectivity index is 1.55. The first-order chi connectivity index (χ1) is 14.2. The minimum Gasteiger partial charge on any atom is -0.371 e. The van der Waals surface area contributed by atoms with Crippen LogP contribution >= 0.6 is 0 Å². The van der Waals surface area contributed by atoms with E-state index < -0.39 is 0 Å². The molecule has 1 N–H and O–H groups in total. The highest BCUT2D eigenvalue weighted by molar-refractivity contribution is 6.49. The van der Waals surface area contributed by atoms with E-state index in [0.29, 0.717) is 17.1 Å². The van der Waals surface area contributed by atoms with Crippen molar-refractivity contribution in [3.63, 3.8) is 0 Å². The zero-order chi connectivity index (χ0) is 19.5. The second-order valence-corrected chi connectivity index (χ2v) is 8.73. The zero-order valence-electron chi connectivity index (χ0n) is 16.5. The monoisotopic (exact) mass is 384 g/mol. The fourth-order valence-electron chi connectivity index (χ4n) is 5.53. The predicted molar refractivity (Wildman–Crippen MR) is 114 cm³/mol. The Labute approximate surface area is 170 Å². The summed E-state index contributed by atoms with van der Waals surface area (Å²) in [6.07, 6.45) is 6.77. The van der Waals surface area contributed by atoms with E-state index in [1.165, 1.54) is 28.8 Å². The average molecular weight is 384 g/mol. The minimum atomic E-state index is -0.258. The molecule has 1 aliphatic carbocycles. The summed E-state index contributed by atoms with van der Waals surface area (Å²) in [7, 11) is 0. The van der Waals surface area contributed by atoms with Crippen LogP contribution in [-0.2, 0) is 22.4 Å². The van der Waals surface area contributed by atoms with Crippen LogP contribution in [0.4, 0.5) is 5.69 Å². The molecule has 0 bridgehead atoms. The van der Waals surface area contributed by atoms with Crippen molar-refractivity contribution in [2.75, 3.05) is 18.0 Å². The molecule has 0 unspecified atom stereocenters. The maximum absolute atomic E-state index is 12.9. The summed E-state index contributed by atoms with van der Waals surface area (Å²) < 4.78 is 0. The van der Waals surface area contributed by atoms with Gasteiger partial charge in [0.1, 0.15) is 0 Å². The first kappa shape index (κ1) is 17.0. The first-order valence-electron chi connectivity index (χ1n) is 10.8. The number of nitrogens with one attached hydrogen (secondary N) is 1. The molecule has 2 aromatic carbocycles. The van der Waals surface area contributed by atoms with E-state index in [1.54, 1.807) is 0 Å². The summed E-state index contributed by atoms with van der Waals surface area (Å²) in [5, 5.41) is 2.58. The molecule has 29 heavy (non-hydrogen) atoms. The summed E-state index contributed by atoms with van der Waals surface area (Å²) in [6, 6.07) is 12.5. The van der Waals surface area contributed by atoms with E-state index >= 15 is 0 Å². The molecular formula is C25H24N2O2. The van der Waals surface area contributed by atoms with Gasteiger partial charge in [-0.3, -0.25) is 14.9 Å². The number of rotatable bonds is 3. The topological polar surface area (TPSA) is 49.4 Å². The van der Waals surface area contributed by atoms with Crippen molar-refractivity contribution in [1.82, 2.24) is 5.32 Å². The summed E-state index contributed by atoms with van der Waals surface area (Å²) in [6.45, 7) is 2.19. The van der Waals surface area contributed by atoms with Gasteiger partial charge < -0.3 is 4.90 Å². The number of amides is 2. The molecule has 0 aromatic heterocycles. The van der Waals surface area contributed by atoms with Crippen molar-refractivity contribution in [2.45, 2.75) is 44.4 Å². The van der Waals surface area contributed by atoms with Gasteiger partial charge in [-0.2, -0.15) is 0 Å². The lowest BCUT2D eigenvalue weighted by molar-refractivity contribution is -0.122. The number of carbonyl (C=O) groups is 2. The Hall–Kier alpha value is -2.88. The molecule has 0 atom stereocenters. The SMILES string of the molecule is O=C1NC(=O)C(c2ccccc2C2CCC2)=C1c1cc2c3c(c1)CCN3CCC2. The molecule has 4 nitrogen and oxygen atoms in total. The Morgan fingerprint density at radius 3 is 2.41 bits per heavy atom. The molecule has 146 valence electrons.